The van der Waals surface area contributed by atoms with Crippen molar-refractivity contribution in [2.75, 3.05) is 6.61 Å². The maximum atomic E-state index is 12.4. The van der Waals surface area contributed by atoms with Crippen LogP contribution >= 0.6 is 11.6 Å². The van der Waals surface area contributed by atoms with Crippen molar-refractivity contribution in [3.63, 3.8) is 0 Å². The number of rotatable bonds is 5. The van der Waals surface area contributed by atoms with E-state index in [4.69, 9.17) is 21.4 Å². The quantitative estimate of drug-likeness (QED) is 0.863. The number of nitrogens with one attached hydrogen (secondary N) is 1. The molecule has 0 saturated heterocycles. The number of hydrogen-bond donors (Lipinski definition) is 2. The molecular formula is C18H24ClNO3. The number of hydrogen-bond acceptors (Lipinski definition) is 3. The van der Waals surface area contributed by atoms with Gasteiger partial charge >= 0.3 is 0 Å². The minimum absolute atomic E-state index is 0.127. The van der Waals surface area contributed by atoms with Crippen LogP contribution < -0.4 is 10.1 Å². The number of carbonyl (C=O) groups is 1. The first kappa shape index (κ1) is 16.6. The van der Waals surface area contributed by atoms with E-state index < -0.39 is 0 Å². The lowest BCUT2D eigenvalue weighted by molar-refractivity contribution is 0.0914. The Morgan fingerprint density at radius 3 is 2.52 bits per heavy atom. The SMILES string of the molecule is O=C(NC1CCC(CO)CC1)c1ccc(OC2CCC2)cc1Cl. The van der Waals surface area contributed by atoms with Gasteiger partial charge in [0.2, 0.25) is 0 Å². The van der Waals surface area contributed by atoms with Crippen LogP contribution in [0, 0.1) is 5.92 Å². The smallest absolute Gasteiger partial charge is 0.253 e. The summed E-state index contributed by atoms with van der Waals surface area (Å²) in [6.45, 7) is 0.245. The number of halogens is 1. The third-order valence-corrected chi connectivity index (χ3v) is 5.29. The van der Waals surface area contributed by atoms with Gasteiger partial charge in [0, 0.05) is 12.6 Å². The Labute approximate surface area is 142 Å². The number of benzene rings is 1. The van der Waals surface area contributed by atoms with Crippen LogP contribution in [0.2, 0.25) is 5.02 Å². The lowest BCUT2D eigenvalue weighted by Gasteiger charge is -2.28. The molecule has 0 aliphatic heterocycles. The molecule has 0 heterocycles. The summed E-state index contributed by atoms with van der Waals surface area (Å²) in [5.41, 5.74) is 0.497. The van der Waals surface area contributed by atoms with Gasteiger partial charge in [0.1, 0.15) is 5.75 Å². The fourth-order valence-corrected chi connectivity index (χ4v) is 3.44. The summed E-state index contributed by atoms with van der Waals surface area (Å²) in [7, 11) is 0. The summed E-state index contributed by atoms with van der Waals surface area (Å²) in [5.74, 6) is 0.993. The van der Waals surface area contributed by atoms with Crippen molar-refractivity contribution < 1.29 is 14.6 Å². The van der Waals surface area contributed by atoms with E-state index in [1.54, 1.807) is 12.1 Å². The molecule has 0 unspecified atom stereocenters. The molecule has 2 N–H and O–H groups in total. The van der Waals surface area contributed by atoms with E-state index in [-0.39, 0.29) is 18.6 Å². The van der Waals surface area contributed by atoms with Crippen LogP contribution in [-0.4, -0.2) is 29.8 Å². The predicted octanol–water partition coefficient (Wildman–Crippen LogP) is 3.55. The molecule has 1 amide bonds. The van der Waals surface area contributed by atoms with Crippen molar-refractivity contribution in [2.24, 2.45) is 5.92 Å². The van der Waals surface area contributed by atoms with E-state index >= 15 is 0 Å². The standard InChI is InChI=1S/C18H24ClNO3/c19-17-10-15(23-14-2-1-3-14)8-9-16(17)18(22)20-13-6-4-12(11-21)5-7-13/h8-10,12-14,21H,1-7,11H2,(H,20,22). The highest BCUT2D eigenvalue weighted by Crippen LogP contribution is 2.29. The maximum absolute atomic E-state index is 12.4. The zero-order chi connectivity index (χ0) is 16.2. The van der Waals surface area contributed by atoms with Crippen LogP contribution in [0.3, 0.4) is 0 Å². The van der Waals surface area contributed by atoms with E-state index in [1.165, 1.54) is 6.42 Å². The molecule has 3 rings (SSSR count). The van der Waals surface area contributed by atoms with E-state index in [0.717, 1.165) is 44.3 Å². The molecule has 126 valence electrons. The fraction of sp³-hybridized carbons (Fsp3) is 0.611. The molecule has 0 atom stereocenters. The van der Waals surface area contributed by atoms with Crippen molar-refractivity contribution in [2.45, 2.75) is 57.1 Å². The molecule has 23 heavy (non-hydrogen) atoms. The lowest BCUT2D eigenvalue weighted by atomic mass is 9.86. The van der Waals surface area contributed by atoms with Gasteiger partial charge in [-0.2, -0.15) is 0 Å². The average Bonchev–Trinajstić information content (AvgIpc) is 2.51. The van der Waals surface area contributed by atoms with Crippen molar-refractivity contribution in [3.05, 3.63) is 28.8 Å². The first-order valence-corrected chi connectivity index (χ1v) is 8.91. The second kappa shape index (κ2) is 7.54. The first-order valence-electron chi connectivity index (χ1n) is 8.53. The second-order valence-electron chi connectivity index (χ2n) is 6.69. The van der Waals surface area contributed by atoms with Crippen LogP contribution in [-0.2, 0) is 0 Å². The molecule has 2 saturated carbocycles. The maximum Gasteiger partial charge on any atom is 0.253 e. The number of amides is 1. The minimum atomic E-state index is -0.127. The monoisotopic (exact) mass is 337 g/mol. The zero-order valence-electron chi connectivity index (χ0n) is 13.3. The van der Waals surface area contributed by atoms with Crippen LogP contribution in [0.25, 0.3) is 0 Å². The Bertz CT molecular complexity index is 551. The fourth-order valence-electron chi connectivity index (χ4n) is 3.19. The number of aliphatic hydroxyl groups excluding tert-OH is 1. The molecule has 2 fully saturated rings. The Hall–Kier alpha value is -1.26. The van der Waals surface area contributed by atoms with Gasteiger partial charge in [0.15, 0.2) is 0 Å². The van der Waals surface area contributed by atoms with Gasteiger partial charge in [-0.05, 0) is 69.1 Å². The summed E-state index contributed by atoms with van der Waals surface area (Å²) < 4.78 is 5.80. The van der Waals surface area contributed by atoms with Gasteiger partial charge in [0.05, 0.1) is 16.7 Å². The number of ether oxygens (including phenoxy) is 1. The van der Waals surface area contributed by atoms with E-state index in [1.807, 2.05) is 6.07 Å². The number of carbonyl (C=O) groups excluding carboxylic acids is 1. The summed E-state index contributed by atoms with van der Waals surface area (Å²) in [6.07, 6.45) is 7.46. The van der Waals surface area contributed by atoms with Gasteiger partial charge in [0.25, 0.3) is 5.91 Å². The molecule has 0 radical (unpaired) electrons. The Kier molecular flexibility index (Phi) is 5.44. The lowest BCUT2D eigenvalue weighted by Crippen LogP contribution is -2.38. The molecule has 0 spiro atoms. The van der Waals surface area contributed by atoms with E-state index in [9.17, 15) is 4.79 Å². The topological polar surface area (TPSA) is 58.6 Å². The summed E-state index contributed by atoms with van der Waals surface area (Å²) in [5, 5.41) is 12.7. The van der Waals surface area contributed by atoms with Crippen LogP contribution in [0.1, 0.15) is 55.3 Å². The van der Waals surface area contributed by atoms with Gasteiger partial charge in [-0.15, -0.1) is 0 Å². The zero-order valence-corrected chi connectivity index (χ0v) is 14.0. The summed E-state index contributed by atoms with van der Waals surface area (Å²) in [6, 6.07) is 5.47. The highest BCUT2D eigenvalue weighted by molar-refractivity contribution is 6.34. The predicted molar refractivity (Wildman–Crippen MR) is 90.0 cm³/mol. The highest BCUT2D eigenvalue weighted by Gasteiger charge is 2.23. The van der Waals surface area contributed by atoms with Crippen molar-refractivity contribution in [3.8, 4) is 5.75 Å². The molecule has 0 aromatic heterocycles. The minimum Gasteiger partial charge on any atom is -0.490 e. The number of aliphatic hydroxyl groups is 1. The molecule has 0 bridgehead atoms. The van der Waals surface area contributed by atoms with Gasteiger partial charge < -0.3 is 15.2 Å². The summed E-state index contributed by atoms with van der Waals surface area (Å²) >= 11 is 6.26. The van der Waals surface area contributed by atoms with Crippen LogP contribution in [0.15, 0.2) is 18.2 Å². The molecule has 1 aromatic carbocycles. The Balaban J connectivity index is 1.56. The van der Waals surface area contributed by atoms with Crippen molar-refractivity contribution in [1.82, 2.24) is 5.32 Å². The molecule has 4 nitrogen and oxygen atoms in total. The van der Waals surface area contributed by atoms with E-state index in [0.29, 0.717) is 22.6 Å². The van der Waals surface area contributed by atoms with Crippen LogP contribution in [0.5, 0.6) is 5.75 Å². The Morgan fingerprint density at radius 1 is 1.22 bits per heavy atom. The Morgan fingerprint density at radius 2 is 1.96 bits per heavy atom. The molecule has 2 aliphatic carbocycles. The highest BCUT2D eigenvalue weighted by atomic mass is 35.5. The average molecular weight is 338 g/mol. The third kappa shape index (κ3) is 4.18. The van der Waals surface area contributed by atoms with E-state index in [2.05, 4.69) is 5.32 Å². The van der Waals surface area contributed by atoms with Gasteiger partial charge in [-0.1, -0.05) is 11.6 Å². The third-order valence-electron chi connectivity index (χ3n) is 4.98. The molecule has 5 heteroatoms. The molecular weight excluding hydrogens is 314 g/mol. The summed E-state index contributed by atoms with van der Waals surface area (Å²) in [4.78, 5) is 12.4. The largest absolute Gasteiger partial charge is 0.490 e. The van der Waals surface area contributed by atoms with Gasteiger partial charge in [-0.25, -0.2) is 0 Å². The molecule has 2 aliphatic rings. The van der Waals surface area contributed by atoms with Crippen molar-refractivity contribution >= 4 is 17.5 Å². The van der Waals surface area contributed by atoms with Gasteiger partial charge in [-0.3, -0.25) is 4.79 Å². The van der Waals surface area contributed by atoms with Crippen molar-refractivity contribution in [1.29, 1.82) is 0 Å². The molecule has 1 aromatic rings. The second-order valence-corrected chi connectivity index (χ2v) is 7.09. The normalized spacial score (nSPS) is 24.8. The van der Waals surface area contributed by atoms with Crippen LogP contribution in [0.4, 0.5) is 0 Å². The first-order chi connectivity index (χ1) is 11.2.